The molecule has 0 bridgehead atoms. The molecule has 0 spiro atoms. The van der Waals surface area contributed by atoms with Gasteiger partial charge in [0.2, 0.25) is 11.8 Å². The van der Waals surface area contributed by atoms with Gasteiger partial charge >= 0.3 is 0 Å². The summed E-state index contributed by atoms with van der Waals surface area (Å²) in [5.41, 5.74) is 4.00. The summed E-state index contributed by atoms with van der Waals surface area (Å²) in [7, 11) is 0. The average Bonchev–Trinajstić information content (AvgIpc) is 3.52. The Morgan fingerprint density at radius 2 is 1.80 bits per heavy atom. The van der Waals surface area contributed by atoms with Gasteiger partial charge in [0.15, 0.2) is 0 Å². The minimum absolute atomic E-state index is 0.308. The first-order valence-electron chi connectivity index (χ1n) is 13.0. The number of carbonyl (C=O) groups is 2. The number of piperazine rings is 1. The van der Waals surface area contributed by atoms with E-state index in [1.54, 1.807) is 24.3 Å². The van der Waals surface area contributed by atoms with Crippen LogP contribution in [0.25, 0.3) is 11.8 Å². The zero-order valence-corrected chi connectivity index (χ0v) is 22.5. The second-order valence-corrected chi connectivity index (χ2v) is 9.75. The lowest BCUT2D eigenvalue weighted by Gasteiger charge is -2.29. The van der Waals surface area contributed by atoms with Crippen molar-refractivity contribution < 1.29 is 9.59 Å². The van der Waals surface area contributed by atoms with Gasteiger partial charge in [-0.1, -0.05) is 41.9 Å². The molecular formula is C29H29ClN8O2. The lowest BCUT2D eigenvalue weighted by molar-refractivity contribution is -0.123. The van der Waals surface area contributed by atoms with E-state index < -0.39 is 11.9 Å². The molecule has 1 atom stereocenters. The summed E-state index contributed by atoms with van der Waals surface area (Å²) in [4.78, 5) is 28.7. The Morgan fingerprint density at radius 1 is 1.02 bits per heavy atom. The normalized spacial score (nSPS) is 14.2. The number of aromatic nitrogens is 4. The fraction of sp³-hybridized carbons (Fsp3) is 0.207. The Balaban J connectivity index is 1.29. The fourth-order valence-corrected chi connectivity index (χ4v) is 4.67. The molecule has 2 amide bonds. The summed E-state index contributed by atoms with van der Waals surface area (Å²) in [6.07, 6.45) is 4.77. The average molecular weight is 557 g/mol. The van der Waals surface area contributed by atoms with Crippen LogP contribution in [0.2, 0.25) is 5.02 Å². The largest absolute Gasteiger partial charge is 0.369 e. The number of carbonyl (C=O) groups excluding carboxylic acids is 2. The molecule has 1 aromatic heterocycles. The maximum Gasteiger partial charge on any atom is 0.247 e. The third kappa shape index (κ3) is 7.10. The summed E-state index contributed by atoms with van der Waals surface area (Å²) in [5, 5.41) is 20.9. The van der Waals surface area contributed by atoms with Crippen LogP contribution in [0.4, 0.5) is 11.4 Å². The lowest BCUT2D eigenvalue weighted by atomic mass is 10.0. The van der Waals surface area contributed by atoms with Crippen LogP contribution in [0.5, 0.6) is 0 Å². The summed E-state index contributed by atoms with van der Waals surface area (Å²) >= 11 is 6.19. The van der Waals surface area contributed by atoms with Crippen LogP contribution in [-0.4, -0.2) is 64.2 Å². The first-order chi connectivity index (χ1) is 19.5. The Kier molecular flexibility index (Phi) is 8.79. The molecule has 1 saturated heterocycles. The lowest BCUT2D eigenvalue weighted by Crippen LogP contribution is -2.44. The van der Waals surface area contributed by atoms with Crippen molar-refractivity contribution in [2.24, 2.45) is 0 Å². The number of tetrazole rings is 1. The molecule has 40 heavy (non-hydrogen) atoms. The number of halogens is 1. The highest BCUT2D eigenvalue weighted by Crippen LogP contribution is 2.21. The van der Waals surface area contributed by atoms with Crippen LogP contribution in [0, 0.1) is 0 Å². The van der Waals surface area contributed by atoms with Crippen LogP contribution in [0.1, 0.15) is 11.1 Å². The van der Waals surface area contributed by atoms with Crippen LogP contribution in [-0.2, 0) is 16.0 Å². The summed E-state index contributed by atoms with van der Waals surface area (Å²) < 4.78 is 1.48. The zero-order valence-electron chi connectivity index (χ0n) is 21.7. The van der Waals surface area contributed by atoms with Crippen molar-refractivity contribution in [2.75, 3.05) is 36.4 Å². The zero-order chi connectivity index (χ0) is 27.7. The fourth-order valence-electron chi connectivity index (χ4n) is 4.49. The Bertz CT molecular complexity index is 1450. The number of benzene rings is 3. The molecule has 5 rings (SSSR count). The van der Waals surface area contributed by atoms with Crippen LogP contribution < -0.4 is 20.9 Å². The van der Waals surface area contributed by atoms with E-state index in [4.69, 9.17) is 11.6 Å². The number of nitrogens with zero attached hydrogens (tertiary/aromatic N) is 5. The maximum absolute atomic E-state index is 13.4. The van der Waals surface area contributed by atoms with Crippen LogP contribution >= 0.6 is 11.6 Å². The van der Waals surface area contributed by atoms with Crippen molar-refractivity contribution in [1.82, 2.24) is 30.8 Å². The molecule has 3 aromatic carbocycles. The van der Waals surface area contributed by atoms with Crippen LogP contribution in [0.15, 0.2) is 85.2 Å². The van der Waals surface area contributed by atoms with Gasteiger partial charge in [-0.3, -0.25) is 9.59 Å². The second-order valence-electron chi connectivity index (χ2n) is 9.31. The highest BCUT2D eigenvalue weighted by molar-refractivity contribution is 6.30. The van der Waals surface area contributed by atoms with Gasteiger partial charge in [0.1, 0.15) is 12.4 Å². The Morgan fingerprint density at radius 3 is 2.52 bits per heavy atom. The maximum atomic E-state index is 13.4. The highest BCUT2D eigenvalue weighted by Gasteiger charge is 2.21. The summed E-state index contributed by atoms with van der Waals surface area (Å²) in [6.45, 7) is 3.78. The van der Waals surface area contributed by atoms with Crippen molar-refractivity contribution >= 4 is 40.9 Å². The quantitative estimate of drug-likeness (QED) is 0.271. The third-order valence-electron chi connectivity index (χ3n) is 6.53. The Labute approximate surface area is 237 Å². The number of rotatable bonds is 9. The first-order valence-corrected chi connectivity index (χ1v) is 13.3. The Hall–Kier alpha value is -4.54. The molecule has 0 aliphatic carbocycles. The van der Waals surface area contributed by atoms with Gasteiger partial charge in [-0.2, -0.15) is 4.68 Å². The van der Waals surface area contributed by atoms with E-state index in [0.717, 1.165) is 37.4 Å². The minimum Gasteiger partial charge on any atom is -0.369 e. The number of nitrogens with one attached hydrogen (secondary N) is 3. The molecular weight excluding hydrogens is 528 g/mol. The molecule has 4 aromatic rings. The molecule has 1 unspecified atom stereocenters. The monoisotopic (exact) mass is 556 g/mol. The van der Waals surface area contributed by atoms with E-state index >= 15 is 0 Å². The van der Waals surface area contributed by atoms with Crippen molar-refractivity contribution in [3.8, 4) is 5.69 Å². The molecule has 3 N–H and O–H groups in total. The predicted octanol–water partition coefficient (Wildman–Crippen LogP) is 3.10. The van der Waals surface area contributed by atoms with Crippen LogP contribution in [0.3, 0.4) is 0 Å². The molecule has 10 nitrogen and oxygen atoms in total. The van der Waals surface area contributed by atoms with Crippen molar-refractivity contribution in [1.29, 1.82) is 0 Å². The van der Waals surface area contributed by atoms with Crippen molar-refractivity contribution in [3.05, 3.63) is 101 Å². The van der Waals surface area contributed by atoms with E-state index in [1.165, 1.54) is 17.1 Å². The van der Waals surface area contributed by atoms with Gasteiger partial charge in [-0.15, -0.1) is 5.10 Å². The van der Waals surface area contributed by atoms with Gasteiger partial charge in [0.25, 0.3) is 0 Å². The summed E-state index contributed by atoms with van der Waals surface area (Å²) in [6, 6.07) is 21.7. The third-order valence-corrected chi connectivity index (χ3v) is 6.77. The molecule has 1 aliphatic heterocycles. The predicted molar refractivity (Wildman–Crippen MR) is 155 cm³/mol. The number of amides is 2. The SMILES string of the molecule is O=C(/C=C/c1cc(Cl)ccc1-n1cnnn1)NC(Cc1ccccc1)C(=O)Nc1ccc(N2CCNCC2)cc1. The van der Waals surface area contributed by atoms with Crippen molar-refractivity contribution in [2.45, 2.75) is 12.5 Å². The van der Waals surface area contributed by atoms with E-state index in [9.17, 15) is 9.59 Å². The molecule has 1 aliphatic rings. The smallest absolute Gasteiger partial charge is 0.247 e. The van der Waals surface area contributed by atoms with Crippen molar-refractivity contribution in [3.63, 3.8) is 0 Å². The van der Waals surface area contributed by atoms with E-state index in [-0.39, 0.29) is 5.91 Å². The van der Waals surface area contributed by atoms with Gasteiger partial charge < -0.3 is 20.9 Å². The minimum atomic E-state index is -0.800. The number of hydrogen-bond donors (Lipinski definition) is 3. The molecule has 0 radical (unpaired) electrons. The van der Waals surface area contributed by atoms with Gasteiger partial charge in [0.05, 0.1) is 5.69 Å². The molecule has 2 heterocycles. The van der Waals surface area contributed by atoms with E-state index in [0.29, 0.717) is 28.4 Å². The topological polar surface area (TPSA) is 117 Å². The number of anilines is 2. The second kappa shape index (κ2) is 13.0. The molecule has 204 valence electrons. The molecule has 1 fully saturated rings. The van der Waals surface area contributed by atoms with Gasteiger partial charge in [-0.05, 0) is 64.5 Å². The molecule has 11 heteroatoms. The van der Waals surface area contributed by atoms with E-state index in [1.807, 2.05) is 54.6 Å². The number of hydrogen-bond acceptors (Lipinski definition) is 7. The molecule has 0 saturated carbocycles. The van der Waals surface area contributed by atoms with Gasteiger partial charge in [0, 0.05) is 60.6 Å². The standard InChI is InChI=1S/C29H29ClN8O2/c30-23-7-12-27(38-20-32-35-36-38)22(19-23)6-13-28(39)34-26(18-21-4-2-1-3-5-21)29(40)33-24-8-10-25(11-9-24)37-16-14-31-15-17-37/h1-13,19-20,26,31H,14-18H2,(H,33,40)(H,34,39)/b13-6+. The van der Waals surface area contributed by atoms with Gasteiger partial charge in [-0.25, -0.2) is 0 Å². The highest BCUT2D eigenvalue weighted by atomic mass is 35.5. The van der Waals surface area contributed by atoms with E-state index in [2.05, 4.69) is 36.4 Å². The summed E-state index contributed by atoms with van der Waals surface area (Å²) in [5.74, 6) is -0.731. The first kappa shape index (κ1) is 27.0.